The molecule has 0 aliphatic rings. The fourth-order valence-electron chi connectivity index (χ4n) is 0.979. The van der Waals surface area contributed by atoms with Crippen molar-refractivity contribution < 1.29 is 9.59 Å². The monoisotopic (exact) mass is 276 g/mol. The lowest BCUT2D eigenvalue weighted by molar-refractivity contribution is -0.122. The van der Waals surface area contributed by atoms with Crippen LogP contribution in [0.3, 0.4) is 0 Å². The van der Waals surface area contributed by atoms with Gasteiger partial charge in [-0.3, -0.25) is 4.79 Å². The second-order valence-corrected chi connectivity index (χ2v) is 4.35. The molecule has 0 heterocycles. The average molecular weight is 276 g/mol. The van der Waals surface area contributed by atoms with E-state index in [0.29, 0.717) is 19.3 Å². The third-order valence-corrected chi connectivity index (χ3v) is 1.45. The van der Waals surface area contributed by atoms with E-state index in [1.807, 2.05) is 48.5 Å². The van der Waals surface area contributed by atoms with E-state index in [0.717, 1.165) is 0 Å². The third-order valence-electron chi connectivity index (χ3n) is 1.45. The maximum atomic E-state index is 11.2. The Kier molecular flexibility index (Phi) is 27.2. The Morgan fingerprint density at radius 1 is 0.947 bits per heavy atom. The molecule has 118 valence electrons. The zero-order valence-electron chi connectivity index (χ0n) is 14.5. The van der Waals surface area contributed by atoms with Crippen molar-refractivity contribution in [2.24, 2.45) is 5.73 Å². The predicted molar refractivity (Wildman–Crippen MR) is 85.2 cm³/mol. The molecule has 0 aromatic carbocycles. The van der Waals surface area contributed by atoms with E-state index in [1.54, 1.807) is 6.92 Å². The number of carbonyl (C=O) groups excluding carboxylic acids is 2. The molecule has 0 aliphatic carbocycles. The molecule has 3 N–H and O–H groups in total. The summed E-state index contributed by atoms with van der Waals surface area (Å²) in [5.74, 6) is 0.164. The molecule has 0 atom stereocenters. The Morgan fingerprint density at radius 3 is 1.58 bits per heavy atom. The molecule has 0 aromatic heterocycles. The number of amides is 1. The van der Waals surface area contributed by atoms with Crippen molar-refractivity contribution in [2.45, 2.75) is 80.2 Å². The standard InChI is InChI=1S/C10H19NO2.2C2H6.CH5N/c1-8(12)6-5-7-9(13)11-10(2,3)4;3*1-2/h5-7H2,1-4H3,(H,11,13);2*1-2H3;2H2,1H3. The fourth-order valence-corrected chi connectivity index (χ4v) is 0.979. The summed E-state index contributed by atoms with van der Waals surface area (Å²) in [4.78, 5) is 21.8. The second-order valence-electron chi connectivity index (χ2n) is 4.35. The van der Waals surface area contributed by atoms with Gasteiger partial charge in [0.05, 0.1) is 0 Å². The van der Waals surface area contributed by atoms with E-state index >= 15 is 0 Å². The zero-order valence-corrected chi connectivity index (χ0v) is 14.5. The second kappa shape index (κ2) is 19.4. The van der Waals surface area contributed by atoms with Crippen molar-refractivity contribution in [1.29, 1.82) is 0 Å². The van der Waals surface area contributed by atoms with Gasteiger partial charge in [-0.1, -0.05) is 27.7 Å². The third kappa shape index (κ3) is 38.2. The highest BCUT2D eigenvalue weighted by Crippen LogP contribution is 2.02. The smallest absolute Gasteiger partial charge is 0.220 e. The molecule has 0 saturated heterocycles. The van der Waals surface area contributed by atoms with Crippen molar-refractivity contribution in [3.8, 4) is 0 Å². The number of rotatable bonds is 4. The minimum Gasteiger partial charge on any atom is -0.352 e. The SMILES string of the molecule is CC.CC.CC(=O)CCCC(=O)NC(C)(C)C.CN. The molecule has 0 radical (unpaired) electrons. The van der Waals surface area contributed by atoms with E-state index < -0.39 is 0 Å². The Morgan fingerprint density at radius 2 is 1.32 bits per heavy atom. The molecule has 0 rings (SSSR count). The van der Waals surface area contributed by atoms with Gasteiger partial charge in [0.15, 0.2) is 0 Å². The Labute approximate surface area is 120 Å². The van der Waals surface area contributed by atoms with Crippen LogP contribution in [0.1, 0.15) is 74.7 Å². The van der Waals surface area contributed by atoms with Gasteiger partial charge in [-0.2, -0.15) is 0 Å². The van der Waals surface area contributed by atoms with E-state index in [9.17, 15) is 9.59 Å². The summed E-state index contributed by atoms with van der Waals surface area (Å²) >= 11 is 0. The zero-order chi connectivity index (χ0) is 16.5. The van der Waals surface area contributed by atoms with Gasteiger partial charge in [0.1, 0.15) is 5.78 Å². The van der Waals surface area contributed by atoms with Crippen LogP contribution in [0.5, 0.6) is 0 Å². The van der Waals surface area contributed by atoms with Crippen molar-refractivity contribution in [2.75, 3.05) is 7.05 Å². The number of nitrogens with two attached hydrogens (primary N) is 1. The lowest BCUT2D eigenvalue weighted by Crippen LogP contribution is -2.40. The van der Waals surface area contributed by atoms with Crippen LogP contribution < -0.4 is 11.1 Å². The largest absolute Gasteiger partial charge is 0.352 e. The molecule has 0 fully saturated rings. The summed E-state index contributed by atoms with van der Waals surface area (Å²) in [6, 6.07) is 0. The van der Waals surface area contributed by atoms with Gasteiger partial charge in [-0.05, 0) is 41.2 Å². The molecule has 1 amide bonds. The molecular formula is C15H36N2O2. The van der Waals surface area contributed by atoms with Crippen LogP contribution in [-0.4, -0.2) is 24.3 Å². The minimum atomic E-state index is -0.173. The molecule has 0 aliphatic heterocycles. The van der Waals surface area contributed by atoms with Gasteiger partial charge < -0.3 is 15.8 Å². The first-order chi connectivity index (χ1) is 8.81. The highest BCUT2D eigenvalue weighted by molar-refractivity contribution is 5.79. The molecule has 0 spiro atoms. The number of nitrogens with one attached hydrogen (secondary N) is 1. The van der Waals surface area contributed by atoms with E-state index in [1.165, 1.54) is 7.05 Å². The van der Waals surface area contributed by atoms with Crippen LogP contribution >= 0.6 is 0 Å². The van der Waals surface area contributed by atoms with Crippen molar-refractivity contribution in [3.05, 3.63) is 0 Å². The van der Waals surface area contributed by atoms with Crippen molar-refractivity contribution in [1.82, 2.24) is 5.32 Å². The fraction of sp³-hybridized carbons (Fsp3) is 0.867. The summed E-state index contributed by atoms with van der Waals surface area (Å²) in [6.07, 6.45) is 1.59. The lowest BCUT2D eigenvalue weighted by atomic mass is 10.1. The molecule has 0 saturated carbocycles. The van der Waals surface area contributed by atoms with Gasteiger partial charge in [-0.15, -0.1) is 0 Å². The average Bonchev–Trinajstić information content (AvgIpc) is 2.34. The van der Waals surface area contributed by atoms with Crippen LogP contribution in [0.2, 0.25) is 0 Å². The van der Waals surface area contributed by atoms with Crippen LogP contribution in [0, 0.1) is 0 Å². The minimum absolute atomic E-state index is 0.0220. The summed E-state index contributed by atoms with van der Waals surface area (Å²) in [6.45, 7) is 15.4. The molecule has 0 bridgehead atoms. The van der Waals surface area contributed by atoms with Gasteiger partial charge >= 0.3 is 0 Å². The summed E-state index contributed by atoms with van der Waals surface area (Å²) in [7, 11) is 1.50. The van der Waals surface area contributed by atoms with E-state index in [-0.39, 0.29) is 17.2 Å². The van der Waals surface area contributed by atoms with Crippen molar-refractivity contribution in [3.63, 3.8) is 0 Å². The molecule has 19 heavy (non-hydrogen) atoms. The Balaban J connectivity index is -0.000000163. The first-order valence-corrected chi connectivity index (χ1v) is 7.19. The maximum absolute atomic E-state index is 11.2. The molecule has 0 unspecified atom stereocenters. The quantitative estimate of drug-likeness (QED) is 0.827. The normalized spacial score (nSPS) is 8.53. The number of carbonyl (C=O) groups is 2. The van der Waals surface area contributed by atoms with Crippen molar-refractivity contribution >= 4 is 11.7 Å². The summed E-state index contributed by atoms with van der Waals surface area (Å²) < 4.78 is 0. The van der Waals surface area contributed by atoms with E-state index in [4.69, 9.17) is 0 Å². The van der Waals surface area contributed by atoms with Gasteiger partial charge in [0, 0.05) is 18.4 Å². The van der Waals surface area contributed by atoms with Gasteiger partial charge in [0.25, 0.3) is 0 Å². The predicted octanol–water partition coefficient (Wildman–Crippen LogP) is 3.29. The topological polar surface area (TPSA) is 72.2 Å². The summed E-state index contributed by atoms with van der Waals surface area (Å²) in [5, 5.41) is 2.84. The molecular weight excluding hydrogens is 240 g/mol. The highest BCUT2D eigenvalue weighted by Gasteiger charge is 2.12. The number of ketones is 1. The van der Waals surface area contributed by atoms with Crippen LogP contribution in [-0.2, 0) is 9.59 Å². The number of hydrogen-bond acceptors (Lipinski definition) is 3. The first kappa shape index (κ1) is 26.6. The Hall–Kier alpha value is -0.900. The molecule has 0 aromatic rings. The number of hydrogen-bond donors (Lipinski definition) is 2. The van der Waals surface area contributed by atoms with Gasteiger partial charge in [0.2, 0.25) is 5.91 Å². The first-order valence-electron chi connectivity index (χ1n) is 7.19. The molecule has 4 nitrogen and oxygen atoms in total. The van der Waals surface area contributed by atoms with Crippen LogP contribution in [0.15, 0.2) is 0 Å². The van der Waals surface area contributed by atoms with Crippen LogP contribution in [0.4, 0.5) is 0 Å². The summed E-state index contributed by atoms with van der Waals surface area (Å²) in [5.41, 5.74) is 4.33. The van der Waals surface area contributed by atoms with Crippen LogP contribution in [0.25, 0.3) is 0 Å². The maximum Gasteiger partial charge on any atom is 0.220 e. The van der Waals surface area contributed by atoms with Gasteiger partial charge in [-0.25, -0.2) is 0 Å². The number of Topliss-reactive ketones (excluding diaryl/α,β-unsaturated/α-hetero) is 1. The Bertz CT molecular complexity index is 197. The lowest BCUT2D eigenvalue weighted by Gasteiger charge is -2.20. The highest BCUT2D eigenvalue weighted by atomic mass is 16.1. The molecule has 4 heteroatoms. The van der Waals surface area contributed by atoms with E-state index in [2.05, 4.69) is 11.1 Å².